The quantitative estimate of drug-likeness (QED) is 0.478. The molecule has 1 aliphatic rings. The van der Waals surface area contributed by atoms with Crippen LogP contribution in [0.25, 0.3) is 0 Å². The van der Waals surface area contributed by atoms with Gasteiger partial charge in [0.2, 0.25) is 0 Å². The molecule has 1 fully saturated rings. The molecule has 1 aromatic carbocycles. The van der Waals surface area contributed by atoms with Gasteiger partial charge in [-0.05, 0) is 81.1 Å². The van der Waals surface area contributed by atoms with Crippen LogP contribution in [0.1, 0.15) is 81.3 Å². The van der Waals surface area contributed by atoms with E-state index >= 15 is 0 Å². The number of benzene rings is 1. The fourth-order valence-electron chi connectivity index (χ4n) is 4.12. The highest BCUT2D eigenvalue weighted by molar-refractivity contribution is 9.10. The number of amides is 1. The molecule has 2 N–H and O–H groups in total. The van der Waals surface area contributed by atoms with Crippen molar-refractivity contribution in [1.82, 2.24) is 19.8 Å². The monoisotopic (exact) mass is 554 g/mol. The number of imidazole rings is 1. The van der Waals surface area contributed by atoms with E-state index in [1.165, 1.54) is 0 Å². The molecule has 34 heavy (non-hydrogen) atoms. The Kier molecular flexibility index (Phi) is 8.31. The summed E-state index contributed by atoms with van der Waals surface area (Å²) >= 11 is 9.57. The standard InChI is InChI=1S/C24H32BrClN4O4/c1-14(2)30-20(19(21(31)32)28-22(30)25)18(15-6-8-16(26)9-7-15)27-17-10-12-29(13-11-17)23(33)34-24(3,4)5/h6-9,14,17-18,27H,10-13H2,1-5H3,(H,31,32). The fraction of sp³-hybridized carbons (Fsp3) is 0.542. The van der Waals surface area contributed by atoms with E-state index in [4.69, 9.17) is 16.3 Å². The molecule has 10 heteroatoms. The first-order valence-electron chi connectivity index (χ1n) is 11.4. The molecule has 0 saturated carbocycles. The van der Waals surface area contributed by atoms with E-state index in [-0.39, 0.29) is 23.9 Å². The lowest BCUT2D eigenvalue weighted by molar-refractivity contribution is 0.0196. The maximum atomic E-state index is 12.4. The minimum Gasteiger partial charge on any atom is -0.476 e. The van der Waals surface area contributed by atoms with Gasteiger partial charge in [-0.1, -0.05) is 23.7 Å². The lowest BCUT2D eigenvalue weighted by atomic mass is 9.97. The van der Waals surface area contributed by atoms with Crippen molar-refractivity contribution < 1.29 is 19.4 Å². The molecule has 1 saturated heterocycles. The van der Waals surface area contributed by atoms with Gasteiger partial charge in [0.25, 0.3) is 0 Å². The number of ether oxygens (including phenoxy) is 1. The van der Waals surface area contributed by atoms with Gasteiger partial charge in [-0.25, -0.2) is 14.6 Å². The molecule has 1 atom stereocenters. The largest absolute Gasteiger partial charge is 0.476 e. The first-order valence-corrected chi connectivity index (χ1v) is 12.5. The number of aromatic nitrogens is 2. The van der Waals surface area contributed by atoms with Crippen molar-refractivity contribution in [3.8, 4) is 0 Å². The minimum atomic E-state index is -1.09. The zero-order valence-electron chi connectivity index (χ0n) is 20.1. The highest BCUT2D eigenvalue weighted by Crippen LogP contribution is 2.33. The smallest absolute Gasteiger partial charge is 0.410 e. The number of piperidine rings is 1. The highest BCUT2D eigenvalue weighted by Gasteiger charge is 2.33. The van der Waals surface area contributed by atoms with Crippen molar-refractivity contribution in [2.45, 2.75) is 71.2 Å². The Morgan fingerprint density at radius 1 is 1.21 bits per heavy atom. The number of rotatable bonds is 6. The maximum absolute atomic E-state index is 12.4. The van der Waals surface area contributed by atoms with Crippen LogP contribution in [0.2, 0.25) is 5.02 Å². The van der Waals surface area contributed by atoms with Crippen molar-refractivity contribution in [3.05, 3.63) is 51.0 Å². The molecular weight excluding hydrogens is 524 g/mol. The molecule has 3 rings (SSSR count). The summed E-state index contributed by atoms with van der Waals surface area (Å²) in [5, 5.41) is 14.2. The zero-order valence-corrected chi connectivity index (χ0v) is 22.5. The van der Waals surface area contributed by atoms with Crippen molar-refractivity contribution in [2.75, 3.05) is 13.1 Å². The lowest BCUT2D eigenvalue weighted by Crippen LogP contribution is -2.47. The molecule has 1 aromatic heterocycles. The van der Waals surface area contributed by atoms with Gasteiger partial charge in [-0.2, -0.15) is 0 Å². The molecule has 2 aromatic rings. The molecule has 186 valence electrons. The molecule has 1 amide bonds. The number of carboxylic acid groups (broad SMARTS) is 1. The maximum Gasteiger partial charge on any atom is 0.410 e. The number of carbonyl (C=O) groups excluding carboxylic acids is 1. The summed E-state index contributed by atoms with van der Waals surface area (Å²) in [5.41, 5.74) is 0.920. The van der Waals surface area contributed by atoms with Crippen LogP contribution in [0.3, 0.4) is 0 Å². The fourth-order valence-corrected chi connectivity index (χ4v) is 5.02. The van der Waals surface area contributed by atoms with Crippen LogP contribution in [0.5, 0.6) is 0 Å². The van der Waals surface area contributed by atoms with Crippen LogP contribution >= 0.6 is 27.5 Å². The number of hydrogen-bond acceptors (Lipinski definition) is 5. The number of nitrogens with one attached hydrogen (secondary N) is 1. The van der Waals surface area contributed by atoms with Gasteiger partial charge in [0.1, 0.15) is 5.60 Å². The molecule has 0 spiro atoms. The van der Waals surface area contributed by atoms with Gasteiger partial charge in [-0.15, -0.1) is 0 Å². The third-order valence-electron chi connectivity index (χ3n) is 5.65. The van der Waals surface area contributed by atoms with Crippen LogP contribution in [0.15, 0.2) is 29.0 Å². The summed E-state index contributed by atoms with van der Waals surface area (Å²) in [4.78, 5) is 30.6. The van der Waals surface area contributed by atoms with Crippen molar-refractivity contribution in [1.29, 1.82) is 0 Å². The van der Waals surface area contributed by atoms with Gasteiger partial charge >= 0.3 is 12.1 Å². The molecule has 1 unspecified atom stereocenters. The van der Waals surface area contributed by atoms with E-state index in [9.17, 15) is 14.7 Å². The van der Waals surface area contributed by atoms with Gasteiger partial charge < -0.3 is 24.6 Å². The van der Waals surface area contributed by atoms with Gasteiger partial charge in [0.15, 0.2) is 10.4 Å². The van der Waals surface area contributed by atoms with Gasteiger partial charge in [-0.3, -0.25) is 0 Å². The van der Waals surface area contributed by atoms with Gasteiger partial charge in [0, 0.05) is 30.2 Å². The Labute approximate surface area is 213 Å². The highest BCUT2D eigenvalue weighted by atomic mass is 79.9. The molecule has 2 heterocycles. The Balaban J connectivity index is 1.90. The van der Waals surface area contributed by atoms with E-state index in [1.54, 1.807) is 17.0 Å². The average molecular weight is 556 g/mol. The number of likely N-dealkylation sites (tertiary alicyclic amines) is 1. The Hall–Kier alpha value is -2.10. The second kappa shape index (κ2) is 10.7. The lowest BCUT2D eigenvalue weighted by Gasteiger charge is -2.36. The SMILES string of the molecule is CC(C)n1c(Br)nc(C(=O)O)c1C(NC1CCN(C(=O)OC(C)(C)C)CC1)c1ccc(Cl)cc1. The third kappa shape index (κ3) is 6.31. The first kappa shape index (κ1) is 26.5. The Morgan fingerprint density at radius 3 is 2.29 bits per heavy atom. The molecule has 0 aliphatic carbocycles. The van der Waals surface area contributed by atoms with E-state index < -0.39 is 17.6 Å². The van der Waals surface area contributed by atoms with Crippen LogP contribution in [-0.4, -0.2) is 56.4 Å². The molecule has 0 bridgehead atoms. The second-order valence-corrected chi connectivity index (χ2v) is 10.9. The number of carboxylic acids is 1. The van der Waals surface area contributed by atoms with Crippen LogP contribution < -0.4 is 5.32 Å². The molecule has 1 aliphatic heterocycles. The zero-order chi connectivity index (χ0) is 25.2. The summed E-state index contributed by atoms with van der Waals surface area (Å²) in [6.45, 7) is 10.6. The number of aromatic carboxylic acids is 1. The Bertz CT molecular complexity index is 1020. The van der Waals surface area contributed by atoms with Gasteiger partial charge in [0.05, 0.1) is 11.7 Å². The van der Waals surface area contributed by atoms with E-state index in [2.05, 4.69) is 26.2 Å². The number of hydrogen-bond donors (Lipinski definition) is 2. The average Bonchev–Trinajstić information content (AvgIpc) is 3.09. The first-order chi connectivity index (χ1) is 15.9. The molecule has 0 radical (unpaired) electrons. The van der Waals surface area contributed by atoms with Crippen molar-refractivity contribution in [2.24, 2.45) is 0 Å². The predicted octanol–water partition coefficient (Wildman–Crippen LogP) is 5.66. The summed E-state index contributed by atoms with van der Waals surface area (Å²) in [6, 6.07) is 7.00. The number of carbonyl (C=O) groups is 2. The summed E-state index contributed by atoms with van der Waals surface area (Å²) in [5.74, 6) is -1.09. The predicted molar refractivity (Wildman–Crippen MR) is 135 cm³/mol. The van der Waals surface area contributed by atoms with E-state index in [0.29, 0.717) is 41.4 Å². The summed E-state index contributed by atoms with van der Waals surface area (Å²) in [6.07, 6.45) is 1.11. The number of halogens is 2. The number of nitrogens with zero attached hydrogens (tertiary/aromatic N) is 3. The van der Waals surface area contributed by atoms with E-state index in [1.807, 2.05) is 51.3 Å². The van der Waals surface area contributed by atoms with Crippen molar-refractivity contribution >= 4 is 39.6 Å². The van der Waals surface area contributed by atoms with Crippen LogP contribution in [0, 0.1) is 0 Å². The second-order valence-electron chi connectivity index (χ2n) is 9.78. The Morgan fingerprint density at radius 2 is 1.79 bits per heavy atom. The summed E-state index contributed by atoms with van der Waals surface area (Å²) in [7, 11) is 0. The van der Waals surface area contributed by atoms with Crippen molar-refractivity contribution in [3.63, 3.8) is 0 Å². The van der Waals surface area contributed by atoms with Crippen LogP contribution in [-0.2, 0) is 4.74 Å². The van der Waals surface area contributed by atoms with E-state index in [0.717, 1.165) is 5.56 Å². The minimum absolute atomic E-state index is 0.000726. The molecular formula is C24H32BrClN4O4. The molecule has 8 nitrogen and oxygen atoms in total. The topological polar surface area (TPSA) is 96.7 Å². The van der Waals surface area contributed by atoms with Crippen LogP contribution in [0.4, 0.5) is 4.79 Å². The third-order valence-corrected chi connectivity index (χ3v) is 6.46. The normalized spacial score (nSPS) is 16.1. The summed E-state index contributed by atoms with van der Waals surface area (Å²) < 4.78 is 7.86.